The van der Waals surface area contributed by atoms with Crippen molar-refractivity contribution >= 4 is 11.6 Å². The van der Waals surface area contributed by atoms with E-state index in [0.29, 0.717) is 5.92 Å². The SMILES string of the molecule is CCN(C(=O)CNCC1CC1)c1ccc(C#N)c(C(F)(F)F)c1. The molecule has 7 heteroatoms. The first-order valence-electron chi connectivity index (χ1n) is 7.49. The number of rotatable bonds is 6. The van der Waals surface area contributed by atoms with Crippen LogP contribution in [0.1, 0.15) is 30.9 Å². The van der Waals surface area contributed by atoms with Crippen LogP contribution in [0, 0.1) is 17.2 Å². The van der Waals surface area contributed by atoms with Gasteiger partial charge in [0.05, 0.1) is 23.7 Å². The second kappa shape index (κ2) is 7.01. The number of carbonyl (C=O) groups excluding carboxylic acids is 1. The van der Waals surface area contributed by atoms with E-state index in [1.54, 1.807) is 6.92 Å². The van der Waals surface area contributed by atoms with Crippen molar-refractivity contribution in [1.29, 1.82) is 5.26 Å². The van der Waals surface area contributed by atoms with Gasteiger partial charge in [0.25, 0.3) is 0 Å². The van der Waals surface area contributed by atoms with Crippen molar-refractivity contribution in [2.24, 2.45) is 5.92 Å². The van der Waals surface area contributed by atoms with Crippen molar-refractivity contribution in [3.63, 3.8) is 0 Å². The summed E-state index contributed by atoms with van der Waals surface area (Å²) in [5, 5.41) is 11.8. The summed E-state index contributed by atoms with van der Waals surface area (Å²) in [7, 11) is 0. The first-order valence-corrected chi connectivity index (χ1v) is 7.49. The zero-order valence-electron chi connectivity index (χ0n) is 12.8. The van der Waals surface area contributed by atoms with Gasteiger partial charge in [-0.15, -0.1) is 0 Å². The lowest BCUT2D eigenvalue weighted by Gasteiger charge is -2.23. The zero-order chi connectivity index (χ0) is 17.0. The summed E-state index contributed by atoms with van der Waals surface area (Å²) in [4.78, 5) is 13.5. The minimum atomic E-state index is -4.63. The molecule has 1 aliphatic rings. The summed E-state index contributed by atoms with van der Waals surface area (Å²) in [6.45, 7) is 2.80. The van der Waals surface area contributed by atoms with Crippen LogP contribution in [0.4, 0.5) is 18.9 Å². The fraction of sp³-hybridized carbons (Fsp3) is 0.500. The molecular formula is C16H18F3N3O. The Morgan fingerprint density at radius 1 is 1.43 bits per heavy atom. The summed E-state index contributed by atoms with van der Waals surface area (Å²) in [6.07, 6.45) is -2.32. The van der Waals surface area contributed by atoms with E-state index in [0.717, 1.165) is 31.5 Å². The number of hydrogen-bond donors (Lipinski definition) is 1. The average Bonchev–Trinajstić information content (AvgIpc) is 3.31. The molecule has 1 fully saturated rings. The van der Waals surface area contributed by atoms with Gasteiger partial charge in [0.2, 0.25) is 5.91 Å². The quantitative estimate of drug-likeness (QED) is 0.875. The molecule has 0 unspecified atom stereocenters. The van der Waals surface area contributed by atoms with E-state index in [4.69, 9.17) is 5.26 Å². The molecule has 0 aromatic heterocycles. The van der Waals surface area contributed by atoms with Crippen molar-refractivity contribution in [3.05, 3.63) is 29.3 Å². The largest absolute Gasteiger partial charge is 0.417 e. The van der Waals surface area contributed by atoms with Crippen molar-refractivity contribution in [2.45, 2.75) is 25.9 Å². The molecule has 4 nitrogen and oxygen atoms in total. The second-order valence-electron chi connectivity index (χ2n) is 5.55. The molecule has 0 bridgehead atoms. The molecule has 1 saturated carbocycles. The van der Waals surface area contributed by atoms with Crippen LogP contribution in [0.5, 0.6) is 0 Å². The highest BCUT2D eigenvalue weighted by atomic mass is 19.4. The molecular weight excluding hydrogens is 307 g/mol. The molecule has 0 saturated heterocycles. The number of likely N-dealkylation sites (N-methyl/N-ethyl adjacent to an activating group) is 1. The number of benzene rings is 1. The van der Waals surface area contributed by atoms with Crippen molar-refractivity contribution < 1.29 is 18.0 Å². The topological polar surface area (TPSA) is 56.1 Å². The smallest absolute Gasteiger partial charge is 0.312 e. The Hall–Kier alpha value is -2.07. The Labute approximate surface area is 132 Å². The highest BCUT2D eigenvalue weighted by Crippen LogP contribution is 2.34. The summed E-state index contributed by atoms with van der Waals surface area (Å²) in [5.41, 5.74) is -1.32. The Kier molecular flexibility index (Phi) is 5.26. The van der Waals surface area contributed by atoms with Gasteiger partial charge < -0.3 is 10.2 Å². The van der Waals surface area contributed by atoms with E-state index in [-0.39, 0.29) is 24.7 Å². The van der Waals surface area contributed by atoms with Crippen LogP contribution < -0.4 is 10.2 Å². The molecule has 1 aromatic carbocycles. The summed E-state index contributed by atoms with van der Waals surface area (Å²) < 4.78 is 39.0. The number of nitrogens with one attached hydrogen (secondary N) is 1. The normalized spacial score (nSPS) is 14.4. The molecule has 1 aromatic rings. The molecule has 1 amide bonds. The Balaban J connectivity index is 2.16. The van der Waals surface area contributed by atoms with Crippen molar-refractivity contribution in [2.75, 3.05) is 24.5 Å². The molecule has 0 spiro atoms. The van der Waals surface area contributed by atoms with Gasteiger partial charge in [-0.05, 0) is 50.4 Å². The zero-order valence-corrected chi connectivity index (χ0v) is 12.8. The Bertz CT molecular complexity index is 618. The maximum Gasteiger partial charge on any atom is 0.417 e. The first kappa shape index (κ1) is 17.3. The van der Waals surface area contributed by atoms with Crippen LogP contribution in [-0.4, -0.2) is 25.5 Å². The molecule has 0 aliphatic heterocycles. The van der Waals surface area contributed by atoms with E-state index < -0.39 is 17.3 Å². The number of alkyl halides is 3. The number of nitriles is 1. The third-order valence-electron chi connectivity index (χ3n) is 3.76. The predicted molar refractivity (Wildman–Crippen MR) is 79.8 cm³/mol. The van der Waals surface area contributed by atoms with E-state index in [1.165, 1.54) is 17.0 Å². The molecule has 0 atom stereocenters. The van der Waals surface area contributed by atoms with Crippen LogP contribution >= 0.6 is 0 Å². The number of hydrogen-bond acceptors (Lipinski definition) is 3. The van der Waals surface area contributed by atoms with Gasteiger partial charge in [-0.3, -0.25) is 4.79 Å². The standard InChI is InChI=1S/C16H18F3N3O/c1-2-22(15(23)10-21-9-11-3-4-11)13-6-5-12(8-20)14(7-13)16(17,18)19/h5-7,11,21H,2-4,9-10H2,1H3. The number of amides is 1. The molecule has 23 heavy (non-hydrogen) atoms. The summed E-state index contributed by atoms with van der Waals surface area (Å²) in [6, 6.07) is 4.87. The molecule has 0 radical (unpaired) electrons. The van der Waals surface area contributed by atoms with Crippen LogP contribution in [-0.2, 0) is 11.0 Å². The lowest BCUT2D eigenvalue weighted by molar-refractivity contribution is -0.137. The fourth-order valence-electron chi connectivity index (χ4n) is 2.34. The monoisotopic (exact) mass is 325 g/mol. The van der Waals surface area contributed by atoms with Crippen molar-refractivity contribution in [3.8, 4) is 6.07 Å². The lowest BCUT2D eigenvalue weighted by Crippen LogP contribution is -2.38. The van der Waals surface area contributed by atoms with Gasteiger partial charge in [0.15, 0.2) is 0 Å². The van der Waals surface area contributed by atoms with Crippen molar-refractivity contribution in [1.82, 2.24) is 5.32 Å². The lowest BCUT2D eigenvalue weighted by atomic mass is 10.1. The van der Waals surface area contributed by atoms with Gasteiger partial charge >= 0.3 is 6.18 Å². The Morgan fingerprint density at radius 2 is 2.13 bits per heavy atom. The second-order valence-corrected chi connectivity index (χ2v) is 5.55. The number of carbonyl (C=O) groups is 1. The molecule has 1 aliphatic carbocycles. The first-order chi connectivity index (χ1) is 10.9. The number of nitrogens with zero attached hydrogens (tertiary/aromatic N) is 2. The predicted octanol–water partition coefficient (Wildman–Crippen LogP) is 2.93. The number of halogens is 3. The summed E-state index contributed by atoms with van der Waals surface area (Å²) in [5.74, 6) is 0.329. The van der Waals surface area contributed by atoms with Gasteiger partial charge in [-0.25, -0.2) is 0 Å². The van der Waals surface area contributed by atoms with Crippen LogP contribution in [0.25, 0.3) is 0 Å². The minimum Gasteiger partial charge on any atom is -0.312 e. The van der Waals surface area contributed by atoms with E-state index in [1.807, 2.05) is 0 Å². The van der Waals surface area contributed by atoms with Crippen LogP contribution in [0.3, 0.4) is 0 Å². The van der Waals surface area contributed by atoms with Gasteiger partial charge in [-0.2, -0.15) is 18.4 Å². The number of anilines is 1. The maximum atomic E-state index is 13.0. The fourth-order valence-corrected chi connectivity index (χ4v) is 2.34. The Morgan fingerprint density at radius 3 is 2.65 bits per heavy atom. The van der Waals surface area contributed by atoms with Gasteiger partial charge in [0, 0.05) is 12.2 Å². The van der Waals surface area contributed by atoms with Crippen LogP contribution in [0.15, 0.2) is 18.2 Å². The molecule has 1 N–H and O–H groups in total. The molecule has 2 rings (SSSR count). The molecule has 124 valence electrons. The van der Waals surface area contributed by atoms with E-state index >= 15 is 0 Å². The van der Waals surface area contributed by atoms with Gasteiger partial charge in [0.1, 0.15) is 0 Å². The highest BCUT2D eigenvalue weighted by Gasteiger charge is 2.34. The van der Waals surface area contributed by atoms with Crippen LogP contribution in [0.2, 0.25) is 0 Å². The third-order valence-corrected chi connectivity index (χ3v) is 3.76. The molecule has 0 heterocycles. The van der Waals surface area contributed by atoms with E-state index in [9.17, 15) is 18.0 Å². The third kappa shape index (κ3) is 4.45. The average molecular weight is 325 g/mol. The summed E-state index contributed by atoms with van der Waals surface area (Å²) >= 11 is 0. The highest BCUT2D eigenvalue weighted by molar-refractivity contribution is 5.94. The van der Waals surface area contributed by atoms with E-state index in [2.05, 4.69) is 5.32 Å². The van der Waals surface area contributed by atoms with Gasteiger partial charge in [-0.1, -0.05) is 0 Å². The minimum absolute atomic E-state index is 0.0890. The maximum absolute atomic E-state index is 13.0.